The van der Waals surface area contributed by atoms with Crippen LogP contribution < -0.4 is 0 Å². The van der Waals surface area contributed by atoms with Crippen molar-refractivity contribution in [3.8, 4) is 0 Å². The van der Waals surface area contributed by atoms with Gasteiger partial charge < -0.3 is 4.42 Å². The van der Waals surface area contributed by atoms with Crippen LogP contribution in [0.5, 0.6) is 0 Å². The zero-order valence-electron chi connectivity index (χ0n) is 8.19. The standard InChI is InChI=1S/C10H8ClFN2OS/c11-5-9-13-14-10(15-9)16-6-7-3-1-2-4-8(7)12/h1-4H,5-6H2. The third-order valence-corrected chi connectivity index (χ3v) is 2.97. The van der Waals surface area contributed by atoms with E-state index in [4.69, 9.17) is 16.0 Å². The van der Waals surface area contributed by atoms with E-state index in [1.165, 1.54) is 17.8 Å². The van der Waals surface area contributed by atoms with E-state index >= 15 is 0 Å². The van der Waals surface area contributed by atoms with Gasteiger partial charge in [-0.3, -0.25) is 0 Å². The van der Waals surface area contributed by atoms with Crippen molar-refractivity contribution >= 4 is 23.4 Å². The van der Waals surface area contributed by atoms with Crippen molar-refractivity contribution in [1.82, 2.24) is 10.2 Å². The fraction of sp³-hybridized carbons (Fsp3) is 0.200. The summed E-state index contributed by atoms with van der Waals surface area (Å²) in [4.78, 5) is 0. The van der Waals surface area contributed by atoms with Crippen LogP contribution in [0.4, 0.5) is 4.39 Å². The normalized spacial score (nSPS) is 10.6. The van der Waals surface area contributed by atoms with Crippen LogP contribution in [-0.4, -0.2) is 10.2 Å². The molecule has 0 saturated heterocycles. The van der Waals surface area contributed by atoms with E-state index in [2.05, 4.69) is 10.2 Å². The summed E-state index contributed by atoms with van der Waals surface area (Å²) in [5.74, 6) is 0.786. The summed E-state index contributed by atoms with van der Waals surface area (Å²) in [5, 5.41) is 7.88. The van der Waals surface area contributed by atoms with Crippen LogP contribution >= 0.6 is 23.4 Å². The van der Waals surface area contributed by atoms with Crippen LogP contribution in [0, 0.1) is 5.82 Å². The zero-order valence-corrected chi connectivity index (χ0v) is 9.76. The summed E-state index contributed by atoms with van der Waals surface area (Å²) < 4.78 is 18.4. The van der Waals surface area contributed by atoms with E-state index in [0.29, 0.717) is 22.4 Å². The van der Waals surface area contributed by atoms with E-state index < -0.39 is 0 Å². The Morgan fingerprint density at radius 3 is 2.81 bits per heavy atom. The van der Waals surface area contributed by atoms with Crippen molar-refractivity contribution in [2.45, 2.75) is 16.9 Å². The molecule has 0 aliphatic rings. The smallest absolute Gasteiger partial charge is 0.276 e. The van der Waals surface area contributed by atoms with E-state index in [9.17, 15) is 4.39 Å². The minimum absolute atomic E-state index is 0.188. The molecule has 0 fully saturated rings. The number of thioether (sulfide) groups is 1. The number of alkyl halides is 1. The second kappa shape index (κ2) is 5.32. The Labute approximate surface area is 101 Å². The van der Waals surface area contributed by atoms with Gasteiger partial charge in [-0.1, -0.05) is 30.0 Å². The first-order valence-corrected chi connectivity index (χ1v) is 6.06. The lowest BCUT2D eigenvalue weighted by molar-refractivity contribution is 0.425. The number of benzene rings is 1. The molecule has 0 radical (unpaired) electrons. The molecule has 2 aromatic rings. The Morgan fingerprint density at radius 1 is 1.31 bits per heavy atom. The molecule has 3 nitrogen and oxygen atoms in total. The lowest BCUT2D eigenvalue weighted by Gasteiger charge is -1.99. The predicted octanol–water partition coefficient (Wildman–Crippen LogP) is 3.24. The van der Waals surface area contributed by atoms with Gasteiger partial charge in [0.2, 0.25) is 5.89 Å². The van der Waals surface area contributed by atoms with Gasteiger partial charge in [-0.2, -0.15) is 0 Å². The molecule has 1 heterocycles. The topological polar surface area (TPSA) is 38.9 Å². The third-order valence-electron chi connectivity index (χ3n) is 1.87. The molecule has 16 heavy (non-hydrogen) atoms. The minimum Gasteiger partial charge on any atom is -0.415 e. The van der Waals surface area contributed by atoms with Crippen molar-refractivity contribution in [3.05, 3.63) is 41.5 Å². The average molecular weight is 259 g/mol. The molecule has 0 unspecified atom stereocenters. The van der Waals surface area contributed by atoms with Gasteiger partial charge in [-0.15, -0.1) is 21.8 Å². The molecule has 0 bridgehead atoms. The summed E-state index contributed by atoms with van der Waals surface area (Å²) in [6, 6.07) is 6.59. The Hall–Kier alpha value is -1.07. The number of hydrogen-bond acceptors (Lipinski definition) is 4. The van der Waals surface area contributed by atoms with Gasteiger partial charge >= 0.3 is 0 Å². The van der Waals surface area contributed by atoms with E-state index in [0.717, 1.165) is 0 Å². The molecule has 0 N–H and O–H groups in total. The summed E-state index contributed by atoms with van der Waals surface area (Å²) in [6.45, 7) is 0. The fourth-order valence-electron chi connectivity index (χ4n) is 1.11. The second-order valence-corrected chi connectivity index (χ2v) is 4.17. The Kier molecular flexibility index (Phi) is 3.79. The highest BCUT2D eigenvalue weighted by Crippen LogP contribution is 2.22. The molecule has 1 aromatic heterocycles. The van der Waals surface area contributed by atoms with Gasteiger partial charge in [0.05, 0.1) is 0 Å². The van der Waals surface area contributed by atoms with E-state index in [1.807, 2.05) is 0 Å². The van der Waals surface area contributed by atoms with Crippen molar-refractivity contribution in [3.63, 3.8) is 0 Å². The van der Waals surface area contributed by atoms with Crippen molar-refractivity contribution in [2.75, 3.05) is 0 Å². The summed E-state index contributed by atoms with van der Waals surface area (Å²) in [6.07, 6.45) is 0. The highest BCUT2D eigenvalue weighted by atomic mass is 35.5. The first-order chi connectivity index (χ1) is 7.79. The molecule has 0 spiro atoms. The molecular formula is C10H8ClFN2OS. The van der Waals surface area contributed by atoms with Crippen molar-refractivity contribution in [2.24, 2.45) is 0 Å². The molecular weight excluding hydrogens is 251 g/mol. The molecule has 6 heteroatoms. The Balaban J connectivity index is 1.99. The van der Waals surface area contributed by atoms with Crippen LogP contribution in [-0.2, 0) is 11.6 Å². The van der Waals surface area contributed by atoms with Crippen LogP contribution in [0.25, 0.3) is 0 Å². The van der Waals surface area contributed by atoms with Gasteiger partial charge in [-0.25, -0.2) is 4.39 Å². The molecule has 84 valence electrons. The Bertz CT molecular complexity index is 477. The van der Waals surface area contributed by atoms with Crippen molar-refractivity contribution in [1.29, 1.82) is 0 Å². The first-order valence-electron chi connectivity index (χ1n) is 4.54. The lowest BCUT2D eigenvalue weighted by atomic mass is 10.2. The molecule has 0 aliphatic heterocycles. The summed E-state index contributed by atoms with van der Waals surface area (Å²) >= 11 is 6.80. The van der Waals surface area contributed by atoms with Crippen LogP contribution in [0.3, 0.4) is 0 Å². The molecule has 0 aliphatic carbocycles. The molecule has 0 saturated carbocycles. The summed E-state index contributed by atoms with van der Waals surface area (Å²) in [5.41, 5.74) is 0.609. The fourth-order valence-corrected chi connectivity index (χ4v) is 1.98. The predicted molar refractivity (Wildman–Crippen MR) is 59.8 cm³/mol. The van der Waals surface area contributed by atoms with Crippen LogP contribution in [0.15, 0.2) is 33.9 Å². The average Bonchev–Trinajstić information content (AvgIpc) is 2.76. The number of nitrogens with zero attached hydrogens (tertiary/aromatic N) is 2. The number of aromatic nitrogens is 2. The quantitative estimate of drug-likeness (QED) is 0.623. The van der Waals surface area contributed by atoms with E-state index in [1.54, 1.807) is 18.2 Å². The zero-order chi connectivity index (χ0) is 11.4. The van der Waals surface area contributed by atoms with Crippen LogP contribution in [0.2, 0.25) is 0 Å². The maximum atomic E-state index is 13.3. The molecule has 1 aromatic carbocycles. The SMILES string of the molecule is Fc1ccccc1CSc1nnc(CCl)o1. The number of halogens is 2. The van der Waals surface area contributed by atoms with Gasteiger partial charge in [0.15, 0.2) is 0 Å². The number of hydrogen-bond donors (Lipinski definition) is 0. The molecule has 0 amide bonds. The molecule has 0 atom stereocenters. The maximum Gasteiger partial charge on any atom is 0.276 e. The monoisotopic (exact) mass is 258 g/mol. The third kappa shape index (κ3) is 2.74. The van der Waals surface area contributed by atoms with E-state index in [-0.39, 0.29) is 11.7 Å². The van der Waals surface area contributed by atoms with Crippen LogP contribution in [0.1, 0.15) is 11.5 Å². The lowest BCUT2D eigenvalue weighted by Crippen LogP contribution is -1.86. The van der Waals surface area contributed by atoms with Crippen molar-refractivity contribution < 1.29 is 8.81 Å². The highest BCUT2D eigenvalue weighted by Gasteiger charge is 2.07. The molecule has 2 rings (SSSR count). The van der Waals surface area contributed by atoms with Gasteiger partial charge in [0.25, 0.3) is 5.22 Å². The highest BCUT2D eigenvalue weighted by molar-refractivity contribution is 7.98. The minimum atomic E-state index is -0.230. The van der Waals surface area contributed by atoms with Gasteiger partial charge in [-0.05, 0) is 11.6 Å². The second-order valence-electron chi connectivity index (χ2n) is 2.98. The summed E-state index contributed by atoms with van der Waals surface area (Å²) in [7, 11) is 0. The Morgan fingerprint density at radius 2 is 2.12 bits per heavy atom. The maximum absolute atomic E-state index is 13.3. The van der Waals surface area contributed by atoms with Gasteiger partial charge in [0, 0.05) is 5.75 Å². The largest absolute Gasteiger partial charge is 0.415 e. The first kappa shape index (κ1) is 11.4. The van der Waals surface area contributed by atoms with Gasteiger partial charge in [0.1, 0.15) is 11.7 Å². The number of rotatable bonds is 4.